The average Bonchev–Trinajstić information content (AvgIpc) is 2.38. The molecule has 1 aliphatic rings. The fourth-order valence-corrected chi connectivity index (χ4v) is 2.18. The van der Waals surface area contributed by atoms with Gasteiger partial charge in [-0.2, -0.15) is 0 Å². The Kier molecular flexibility index (Phi) is 5.03. The molecule has 1 heterocycles. The highest BCUT2D eigenvalue weighted by atomic mass is 19.1. The van der Waals surface area contributed by atoms with Gasteiger partial charge in [0, 0.05) is 31.7 Å². The Morgan fingerprint density at radius 2 is 1.95 bits per heavy atom. The molecule has 20 heavy (non-hydrogen) atoms. The maximum atomic E-state index is 13.0. The number of rotatable bonds is 4. The molecule has 1 fully saturated rings. The van der Waals surface area contributed by atoms with Crippen LogP contribution < -0.4 is 16.0 Å². The van der Waals surface area contributed by atoms with Crippen molar-refractivity contribution in [1.82, 2.24) is 16.0 Å². The van der Waals surface area contributed by atoms with Gasteiger partial charge in [-0.3, -0.25) is 4.79 Å². The molecule has 1 aromatic carbocycles. The number of piperazine rings is 1. The zero-order valence-corrected chi connectivity index (χ0v) is 11.4. The second kappa shape index (κ2) is 6.76. The quantitative estimate of drug-likeness (QED) is 0.757. The van der Waals surface area contributed by atoms with Crippen LogP contribution in [0.5, 0.6) is 0 Å². The number of amides is 1. The van der Waals surface area contributed by atoms with E-state index < -0.39 is 11.6 Å². The second-order valence-corrected chi connectivity index (χ2v) is 5.09. The van der Waals surface area contributed by atoms with Gasteiger partial charge >= 0.3 is 0 Å². The van der Waals surface area contributed by atoms with Gasteiger partial charge in [0.15, 0.2) is 0 Å². The molecule has 3 N–H and O–H groups in total. The average molecular weight is 283 g/mol. The van der Waals surface area contributed by atoms with Gasteiger partial charge in [-0.25, -0.2) is 8.78 Å². The molecule has 1 amide bonds. The third-order valence-electron chi connectivity index (χ3n) is 3.29. The molecule has 6 heteroatoms. The topological polar surface area (TPSA) is 53.2 Å². The maximum absolute atomic E-state index is 13.0. The van der Waals surface area contributed by atoms with Gasteiger partial charge in [0.05, 0.1) is 6.04 Å². The van der Waals surface area contributed by atoms with Gasteiger partial charge in [0.1, 0.15) is 11.6 Å². The number of halogens is 2. The van der Waals surface area contributed by atoms with Crippen LogP contribution in [0.25, 0.3) is 0 Å². The number of benzene rings is 1. The molecule has 2 rings (SSSR count). The van der Waals surface area contributed by atoms with Crippen LogP contribution in [-0.4, -0.2) is 37.6 Å². The van der Waals surface area contributed by atoms with Crippen LogP contribution in [0.4, 0.5) is 8.78 Å². The summed E-state index contributed by atoms with van der Waals surface area (Å²) in [6, 6.07) is 3.49. The van der Waals surface area contributed by atoms with E-state index in [1.165, 1.54) is 12.1 Å². The standard InChI is InChI=1S/C14H19F2N3O/c1-9-7-19-13(8-18-9)14(20)17-3-2-10-4-11(15)6-12(16)5-10/h4-6,9,13,18-19H,2-3,7-8H2,1H3,(H,17,20). The molecule has 0 saturated carbocycles. The van der Waals surface area contributed by atoms with Gasteiger partial charge in [0.25, 0.3) is 0 Å². The van der Waals surface area contributed by atoms with E-state index in [0.717, 1.165) is 12.6 Å². The number of carbonyl (C=O) groups is 1. The predicted molar refractivity (Wildman–Crippen MR) is 72.3 cm³/mol. The van der Waals surface area contributed by atoms with Crippen molar-refractivity contribution in [2.24, 2.45) is 0 Å². The lowest BCUT2D eigenvalue weighted by Crippen LogP contribution is -2.59. The van der Waals surface area contributed by atoms with E-state index in [1.807, 2.05) is 6.92 Å². The second-order valence-electron chi connectivity index (χ2n) is 5.09. The van der Waals surface area contributed by atoms with E-state index in [0.29, 0.717) is 31.1 Å². The summed E-state index contributed by atoms with van der Waals surface area (Å²) in [7, 11) is 0. The molecule has 0 radical (unpaired) electrons. The predicted octanol–water partition coefficient (Wildman–Crippen LogP) is 0.573. The smallest absolute Gasteiger partial charge is 0.238 e. The number of hydrogen-bond donors (Lipinski definition) is 3. The van der Waals surface area contributed by atoms with Crippen molar-refractivity contribution in [3.05, 3.63) is 35.4 Å². The highest BCUT2D eigenvalue weighted by Gasteiger charge is 2.22. The fourth-order valence-electron chi connectivity index (χ4n) is 2.18. The Labute approximate surface area is 116 Å². The minimum Gasteiger partial charge on any atom is -0.354 e. The zero-order chi connectivity index (χ0) is 14.5. The molecule has 2 atom stereocenters. The summed E-state index contributed by atoms with van der Waals surface area (Å²) in [6.07, 6.45) is 0.400. The fraction of sp³-hybridized carbons (Fsp3) is 0.500. The lowest BCUT2D eigenvalue weighted by Gasteiger charge is -2.28. The van der Waals surface area contributed by atoms with Crippen LogP contribution in [0.15, 0.2) is 18.2 Å². The Balaban J connectivity index is 1.76. The summed E-state index contributed by atoms with van der Waals surface area (Å²) < 4.78 is 26.0. The third kappa shape index (κ3) is 4.25. The number of hydrogen-bond acceptors (Lipinski definition) is 3. The van der Waals surface area contributed by atoms with Gasteiger partial charge < -0.3 is 16.0 Å². The molecule has 1 aliphatic heterocycles. The molecular formula is C14H19F2N3O. The van der Waals surface area contributed by atoms with Crippen LogP contribution in [0.3, 0.4) is 0 Å². The van der Waals surface area contributed by atoms with E-state index >= 15 is 0 Å². The van der Waals surface area contributed by atoms with Gasteiger partial charge in [-0.05, 0) is 31.0 Å². The minimum absolute atomic E-state index is 0.0960. The first kappa shape index (κ1) is 14.9. The number of nitrogens with one attached hydrogen (secondary N) is 3. The van der Waals surface area contributed by atoms with Crippen LogP contribution in [0, 0.1) is 11.6 Å². The summed E-state index contributed by atoms with van der Waals surface area (Å²) in [6.45, 7) is 3.73. The molecule has 1 saturated heterocycles. The van der Waals surface area contributed by atoms with E-state index in [1.54, 1.807) is 0 Å². The lowest BCUT2D eigenvalue weighted by molar-refractivity contribution is -0.123. The summed E-state index contributed by atoms with van der Waals surface area (Å²) in [4.78, 5) is 11.9. The molecule has 0 aromatic heterocycles. The molecule has 0 bridgehead atoms. The highest BCUT2D eigenvalue weighted by molar-refractivity contribution is 5.82. The van der Waals surface area contributed by atoms with E-state index in [9.17, 15) is 13.6 Å². The van der Waals surface area contributed by atoms with Crippen molar-refractivity contribution < 1.29 is 13.6 Å². The Hall–Kier alpha value is -1.53. The van der Waals surface area contributed by atoms with Crippen molar-refractivity contribution in [2.45, 2.75) is 25.4 Å². The minimum atomic E-state index is -0.599. The summed E-state index contributed by atoms with van der Waals surface area (Å²) in [5.74, 6) is -1.29. The van der Waals surface area contributed by atoms with Crippen molar-refractivity contribution in [2.75, 3.05) is 19.6 Å². The molecular weight excluding hydrogens is 264 g/mol. The summed E-state index contributed by atoms with van der Waals surface area (Å²) in [5, 5.41) is 9.12. The first-order valence-electron chi connectivity index (χ1n) is 6.74. The van der Waals surface area contributed by atoms with Crippen LogP contribution in [-0.2, 0) is 11.2 Å². The lowest BCUT2D eigenvalue weighted by atomic mass is 10.1. The molecule has 0 spiro atoms. The summed E-state index contributed by atoms with van der Waals surface area (Å²) in [5.41, 5.74) is 0.533. The third-order valence-corrected chi connectivity index (χ3v) is 3.29. The van der Waals surface area contributed by atoms with E-state index in [4.69, 9.17) is 0 Å². The molecule has 110 valence electrons. The van der Waals surface area contributed by atoms with E-state index in [-0.39, 0.29) is 11.9 Å². The van der Waals surface area contributed by atoms with Crippen LogP contribution in [0.2, 0.25) is 0 Å². The van der Waals surface area contributed by atoms with Crippen LogP contribution in [0.1, 0.15) is 12.5 Å². The van der Waals surface area contributed by atoms with Gasteiger partial charge in [-0.15, -0.1) is 0 Å². The zero-order valence-electron chi connectivity index (χ0n) is 11.4. The normalized spacial score (nSPS) is 22.6. The van der Waals surface area contributed by atoms with Gasteiger partial charge in [0.2, 0.25) is 5.91 Å². The van der Waals surface area contributed by atoms with Crippen molar-refractivity contribution in [1.29, 1.82) is 0 Å². The van der Waals surface area contributed by atoms with Crippen molar-refractivity contribution in [3.8, 4) is 0 Å². The Morgan fingerprint density at radius 1 is 1.25 bits per heavy atom. The van der Waals surface area contributed by atoms with Crippen molar-refractivity contribution in [3.63, 3.8) is 0 Å². The molecule has 1 aromatic rings. The van der Waals surface area contributed by atoms with E-state index in [2.05, 4.69) is 16.0 Å². The number of carbonyl (C=O) groups excluding carboxylic acids is 1. The first-order chi connectivity index (χ1) is 9.54. The molecule has 0 aliphatic carbocycles. The first-order valence-corrected chi connectivity index (χ1v) is 6.74. The SMILES string of the molecule is CC1CNC(C(=O)NCCc2cc(F)cc(F)c2)CN1. The monoisotopic (exact) mass is 283 g/mol. The van der Waals surface area contributed by atoms with Gasteiger partial charge in [-0.1, -0.05) is 0 Å². The maximum Gasteiger partial charge on any atom is 0.238 e. The highest BCUT2D eigenvalue weighted by Crippen LogP contribution is 2.08. The van der Waals surface area contributed by atoms with Crippen LogP contribution >= 0.6 is 0 Å². The van der Waals surface area contributed by atoms with Crippen molar-refractivity contribution >= 4 is 5.91 Å². The molecule has 4 nitrogen and oxygen atoms in total. The Bertz CT molecular complexity index is 453. The summed E-state index contributed by atoms with van der Waals surface area (Å²) >= 11 is 0. The molecule has 2 unspecified atom stereocenters. The Morgan fingerprint density at radius 3 is 2.55 bits per heavy atom. The largest absolute Gasteiger partial charge is 0.354 e.